The highest BCUT2D eigenvalue weighted by molar-refractivity contribution is 7.99. The highest BCUT2D eigenvalue weighted by Crippen LogP contribution is 2.27. The summed E-state index contributed by atoms with van der Waals surface area (Å²) in [7, 11) is 0. The van der Waals surface area contributed by atoms with Crippen molar-refractivity contribution in [2.75, 3.05) is 12.3 Å². The Hall–Kier alpha value is -0.470. The van der Waals surface area contributed by atoms with Crippen LogP contribution in [0.1, 0.15) is 55.5 Å². The van der Waals surface area contributed by atoms with E-state index < -0.39 is 0 Å². The van der Waals surface area contributed by atoms with Gasteiger partial charge >= 0.3 is 0 Å². The number of thioether (sulfide) groups is 1. The van der Waals surface area contributed by atoms with Gasteiger partial charge in [-0.1, -0.05) is 32.9 Å². The van der Waals surface area contributed by atoms with Crippen LogP contribution in [0.5, 0.6) is 0 Å². The van der Waals surface area contributed by atoms with Crippen LogP contribution in [0.4, 0.5) is 0 Å². The minimum atomic E-state index is 0.475. The summed E-state index contributed by atoms with van der Waals surface area (Å²) in [6.45, 7) is 14.4. The monoisotopic (exact) mass is 279 g/mol. The lowest BCUT2D eigenvalue weighted by molar-refractivity contribution is 0.601. The molecule has 0 amide bonds. The number of hydrogen-bond acceptors (Lipinski definition) is 2. The molecule has 0 saturated carbocycles. The second kappa shape index (κ2) is 7.96. The number of nitrogens with one attached hydrogen (secondary N) is 1. The largest absolute Gasteiger partial charge is 0.310 e. The molecule has 0 spiro atoms. The maximum atomic E-state index is 3.65. The lowest BCUT2D eigenvalue weighted by atomic mass is 9.96. The van der Waals surface area contributed by atoms with Gasteiger partial charge in [-0.3, -0.25) is 0 Å². The molecule has 0 aliphatic heterocycles. The van der Waals surface area contributed by atoms with Crippen molar-refractivity contribution in [2.45, 2.75) is 59.3 Å². The van der Waals surface area contributed by atoms with Gasteiger partial charge in [-0.05, 0) is 56.0 Å². The van der Waals surface area contributed by atoms with E-state index in [9.17, 15) is 0 Å². The predicted molar refractivity (Wildman–Crippen MR) is 89.3 cm³/mol. The molecule has 0 radical (unpaired) electrons. The molecule has 1 aromatic rings. The second-order valence-corrected chi connectivity index (χ2v) is 6.93. The maximum absolute atomic E-state index is 3.65. The third-order valence-corrected chi connectivity index (χ3v) is 5.26. The number of aryl methyl sites for hydroxylation is 3. The first-order valence-electron chi connectivity index (χ1n) is 7.42. The zero-order valence-electron chi connectivity index (χ0n) is 13.3. The molecule has 2 atom stereocenters. The van der Waals surface area contributed by atoms with E-state index in [1.54, 1.807) is 0 Å². The number of hydrogen-bond donors (Lipinski definition) is 1. The molecule has 0 saturated heterocycles. The van der Waals surface area contributed by atoms with Gasteiger partial charge in [-0.25, -0.2) is 0 Å². The van der Waals surface area contributed by atoms with E-state index in [4.69, 9.17) is 0 Å². The Morgan fingerprint density at radius 1 is 1.05 bits per heavy atom. The van der Waals surface area contributed by atoms with Crippen molar-refractivity contribution in [1.29, 1.82) is 0 Å². The van der Waals surface area contributed by atoms with Crippen molar-refractivity contribution >= 4 is 11.8 Å². The molecule has 0 fully saturated rings. The fourth-order valence-corrected chi connectivity index (χ4v) is 3.30. The third kappa shape index (κ3) is 4.85. The van der Waals surface area contributed by atoms with Gasteiger partial charge in [0.25, 0.3) is 0 Å². The van der Waals surface area contributed by atoms with Crippen LogP contribution in [0.3, 0.4) is 0 Å². The molecule has 2 unspecified atom stereocenters. The molecule has 0 aromatic heterocycles. The summed E-state index contributed by atoms with van der Waals surface area (Å²) in [6, 6.07) is 5.17. The van der Waals surface area contributed by atoms with Gasteiger partial charge in [-0.2, -0.15) is 11.8 Å². The third-order valence-electron chi connectivity index (χ3n) is 3.83. The quantitative estimate of drug-likeness (QED) is 0.770. The standard InChI is InChI=1S/C17H29NS/c1-7-15(6)19-11-17(18-8-2)16-10-13(4)12(3)9-14(16)5/h9-10,15,17-18H,7-8,11H2,1-6H3. The molecule has 0 aliphatic rings. The van der Waals surface area contributed by atoms with Gasteiger partial charge in [0.15, 0.2) is 0 Å². The summed E-state index contributed by atoms with van der Waals surface area (Å²) in [5, 5.41) is 4.39. The highest BCUT2D eigenvalue weighted by atomic mass is 32.2. The Labute approximate surface area is 123 Å². The molecule has 1 aromatic carbocycles. The van der Waals surface area contributed by atoms with Crippen LogP contribution in [0, 0.1) is 20.8 Å². The van der Waals surface area contributed by atoms with Crippen LogP contribution in [-0.4, -0.2) is 17.5 Å². The summed E-state index contributed by atoms with van der Waals surface area (Å²) in [6.07, 6.45) is 1.25. The van der Waals surface area contributed by atoms with E-state index >= 15 is 0 Å². The Morgan fingerprint density at radius 3 is 2.26 bits per heavy atom. The van der Waals surface area contributed by atoms with Crippen molar-refractivity contribution in [1.82, 2.24) is 5.32 Å². The Morgan fingerprint density at radius 2 is 1.68 bits per heavy atom. The predicted octanol–water partition coefficient (Wildman–Crippen LogP) is 4.79. The van der Waals surface area contributed by atoms with E-state index in [1.165, 1.54) is 28.7 Å². The van der Waals surface area contributed by atoms with Crippen LogP contribution in [0.25, 0.3) is 0 Å². The van der Waals surface area contributed by atoms with E-state index in [2.05, 4.69) is 70.8 Å². The molecule has 0 bridgehead atoms. The highest BCUT2D eigenvalue weighted by Gasteiger charge is 2.15. The van der Waals surface area contributed by atoms with Gasteiger partial charge in [-0.15, -0.1) is 0 Å². The molecule has 0 aliphatic carbocycles. The molecule has 2 heteroatoms. The van der Waals surface area contributed by atoms with Crippen molar-refractivity contribution in [2.24, 2.45) is 0 Å². The molecule has 0 heterocycles. The van der Waals surface area contributed by atoms with Crippen molar-refractivity contribution < 1.29 is 0 Å². The van der Waals surface area contributed by atoms with Crippen molar-refractivity contribution in [3.05, 3.63) is 34.4 Å². The van der Waals surface area contributed by atoms with Crippen LogP contribution < -0.4 is 5.32 Å². The minimum Gasteiger partial charge on any atom is -0.310 e. The summed E-state index contributed by atoms with van der Waals surface area (Å²) in [5.41, 5.74) is 5.68. The van der Waals surface area contributed by atoms with E-state index in [-0.39, 0.29) is 0 Å². The zero-order valence-corrected chi connectivity index (χ0v) is 14.2. The lowest BCUT2D eigenvalue weighted by Crippen LogP contribution is -2.24. The lowest BCUT2D eigenvalue weighted by Gasteiger charge is -2.23. The Bertz CT molecular complexity index is 400. The molecule has 1 N–H and O–H groups in total. The molecular weight excluding hydrogens is 250 g/mol. The molecule has 108 valence electrons. The van der Waals surface area contributed by atoms with Crippen LogP contribution in [-0.2, 0) is 0 Å². The van der Waals surface area contributed by atoms with Crippen LogP contribution in [0.2, 0.25) is 0 Å². The van der Waals surface area contributed by atoms with Gasteiger partial charge in [0.1, 0.15) is 0 Å². The first-order chi connectivity index (χ1) is 8.99. The smallest absolute Gasteiger partial charge is 0.0414 e. The molecule has 1 rings (SSSR count). The van der Waals surface area contributed by atoms with Gasteiger partial charge in [0, 0.05) is 17.0 Å². The normalized spacial score (nSPS) is 14.4. The van der Waals surface area contributed by atoms with Crippen molar-refractivity contribution in [3.8, 4) is 0 Å². The number of benzene rings is 1. The molecule has 1 nitrogen and oxygen atoms in total. The van der Waals surface area contributed by atoms with E-state index in [1.807, 2.05) is 0 Å². The van der Waals surface area contributed by atoms with Crippen molar-refractivity contribution in [3.63, 3.8) is 0 Å². The fourth-order valence-electron chi connectivity index (χ4n) is 2.24. The summed E-state index contributed by atoms with van der Waals surface area (Å²) < 4.78 is 0. The second-order valence-electron chi connectivity index (χ2n) is 5.46. The SMILES string of the molecule is CCNC(CSC(C)CC)c1cc(C)c(C)cc1C. The number of rotatable bonds is 7. The van der Waals surface area contributed by atoms with E-state index in [0.717, 1.165) is 17.5 Å². The Kier molecular flexibility index (Phi) is 6.95. The fraction of sp³-hybridized carbons (Fsp3) is 0.647. The average Bonchev–Trinajstić information content (AvgIpc) is 2.38. The molecule has 19 heavy (non-hydrogen) atoms. The Balaban J connectivity index is 2.89. The van der Waals surface area contributed by atoms with E-state index in [0.29, 0.717) is 6.04 Å². The minimum absolute atomic E-state index is 0.475. The van der Waals surface area contributed by atoms with Gasteiger partial charge < -0.3 is 5.32 Å². The zero-order chi connectivity index (χ0) is 14.4. The van der Waals surface area contributed by atoms with Crippen LogP contribution in [0.15, 0.2) is 12.1 Å². The topological polar surface area (TPSA) is 12.0 Å². The first-order valence-corrected chi connectivity index (χ1v) is 8.47. The first kappa shape index (κ1) is 16.6. The maximum Gasteiger partial charge on any atom is 0.0414 e. The molecular formula is C17H29NS. The summed E-state index contributed by atoms with van der Waals surface area (Å²) in [4.78, 5) is 0. The summed E-state index contributed by atoms with van der Waals surface area (Å²) >= 11 is 2.08. The van der Waals surface area contributed by atoms with Gasteiger partial charge in [0.2, 0.25) is 0 Å². The average molecular weight is 279 g/mol. The summed E-state index contributed by atoms with van der Waals surface area (Å²) in [5.74, 6) is 1.16. The van der Waals surface area contributed by atoms with Gasteiger partial charge in [0.05, 0.1) is 0 Å². The van der Waals surface area contributed by atoms with Crippen LogP contribution >= 0.6 is 11.8 Å².